The van der Waals surface area contributed by atoms with Gasteiger partial charge < -0.3 is 10.5 Å². The molecule has 0 saturated carbocycles. The van der Waals surface area contributed by atoms with Crippen molar-refractivity contribution in [2.45, 2.75) is 25.7 Å². The second-order valence-corrected chi connectivity index (χ2v) is 6.86. The second-order valence-electron chi connectivity index (χ2n) is 6.86. The van der Waals surface area contributed by atoms with Gasteiger partial charge in [-0.05, 0) is 78.8 Å². The molecular formula is C23H22N2O2. The van der Waals surface area contributed by atoms with Crippen LogP contribution in [0.1, 0.15) is 34.3 Å². The van der Waals surface area contributed by atoms with Gasteiger partial charge in [-0.1, -0.05) is 12.1 Å². The number of hydrogen-bond acceptors (Lipinski definition) is 3. The zero-order valence-electron chi connectivity index (χ0n) is 15.4. The van der Waals surface area contributed by atoms with Crippen LogP contribution in [0, 0.1) is 0 Å². The molecule has 1 amide bonds. The van der Waals surface area contributed by atoms with Crippen molar-refractivity contribution < 1.29 is 9.53 Å². The standard InChI is InChI=1S/C23H22N2O2/c1-27-19-12-10-16(11-13-19)22-21(15-6-8-17(9-7-15)23(24)26)20-5-3-2-4-18(20)14-25-22/h6-14H,2-5H2,1H3,(H2,24,26). The third kappa shape index (κ3) is 3.31. The molecular weight excluding hydrogens is 336 g/mol. The molecule has 3 aromatic rings. The van der Waals surface area contributed by atoms with Crippen LogP contribution in [-0.4, -0.2) is 18.0 Å². The van der Waals surface area contributed by atoms with Crippen molar-refractivity contribution in [1.29, 1.82) is 0 Å². The molecule has 2 N–H and O–H groups in total. The number of amides is 1. The van der Waals surface area contributed by atoms with E-state index in [2.05, 4.69) is 0 Å². The van der Waals surface area contributed by atoms with Gasteiger partial charge in [0, 0.05) is 22.9 Å². The minimum atomic E-state index is -0.412. The number of rotatable bonds is 4. The molecule has 4 rings (SSSR count). The number of nitrogens with zero attached hydrogens (tertiary/aromatic N) is 1. The molecule has 27 heavy (non-hydrogen) atoms. The van der Waals surface area contributed by atoms with Crippen LogP contribution in [0.25, 0.3) is 22.4 Å². The predicted molar refractivity (Wildman–Crippen MR) is 107 cm³/mol. The number of nitrogens with two attached hydrogens (primary N) is 1. The number of carbonyl (C=O) groups excluding carboxylic acids is 1. The summed E-state index contributed by atoms with van der Waals surface area (Å²) in [4.78, 5) is 16.2. The fourth-order valence-corrected chi connectivity index (χ4v) is 3.79. The predicted octanol–water partition coefficient (Wildman–Crippen LogP) is 4.40. The number of fused-ring (bicyclic) bond motifs is 1. The lowest BCUT2D eigenvalue weighted by Gasteiger charge is -2.22. The Morgan fingerprint density at radius 2 is 1.63 bits per heavy atom. The van der Waals surface area contributed by atoms with Crippen LogP contribution < -0.4 is 10.5 Å². The first-order valence-electron chi connectivity index (χ1n) is 9.23. The summed E-state index contributed by atoms with van der Waals surface area (Å²) in [6.07, 6.45) is 6.53. The number of hydrogen-bond donors (Lipinski definition) is 1. The summed E-state index contributed by atoms with van der Waals surface area (Å²) in [6, 6.07) is 15.5. The van der Waals surface area contributed by atoms with E-state index in [4.69, 9.17) is 15.5 Å². The summed E-state index contributed by atoms with van der Waals surface area (Å²) in [5.41, 5.74) is 12.9. The highest BCUT2D eigenvalue weighted by atomic mass is 16.5. The highest BCUT2D eigenvalue weighted by Gasteiger charge is 2.20. The molecule has 1 heterocycles. The number of methoxy groups -OCH3 is 1. The molecule has 4 nitrogen and oxygen atoms in total. The number of primary amides is 1. The molecule has 0 saturated heterocycles. The number of benzene rings is 2. The van der Waals surface area contributed by atoms with Gasteiger partial charge in [-0.2, -0.15) is 0 Å². The maximum atomic E-state index is 11.4. The van der Waals surface area contributed by atoms with E-state index < -0.39 is 5.91 Å². The smallest absolute Gasteiger partial charge is 0.248 e. The normalized spacial score (nSPS) is 13.1. The molecule has 1 aliphatic rings. The third-order valence-corrected chi connectivity index (χ3v) is 5.22. The minimum absolute atomic E-state index is 0.412. The lowest BCUT2D eigenvalue weighted by atomic mass is 9.84. The lowest BCUT2D eigenvalue weighted by Crippen LogP contribution is -2.11. The van der Waals surface area contributed by atoms with Gasteiger partial charge in [0.1, 0.15) is 5.75 Å². The molecule has 136 valence electrons. The van der Waals surface area contributed by atoms with E-state index in [-0.39, 0.29) is 0 Å². The van der Waals surface area contributed by atoms with Crippen LogP contribution in [0.4, 0.5) is 0 Å². The van der Waals surface area contributed by atoms with Crippen LogP contribution in [0.5, 0.6) is 5.75 Å². The Labute approximate surface area is 159 Å². The van der Waals surface area contributed by atoms with Crippen LogP contribution in [-0.2, 0) is 12.8 Å². The Morgan fingerprint density at radius 3 is 2.30 bits per heavy atom. The van der Waals surface area contributed by atoms with Gasteiger partial charge in [0.25, 0.3) is 0 Å². The molecule has 1 aromatic heterocycles. The first-order chi connectivity index (χ1) is 13.2. The number of carbonyl (C=O) groups is 1. The summed E-state index contributed by atoms with van der Waals surface area (Å²) in [7, 11) is 1.66. The highest BCUT2D eigenvalue weighted by Crippen LogP contribution is 2.38. The van der Waals surface area contributed by atoms with E-state index in [1.54, 1.807) is 19.2 Å². The summed E-state index contributed by atoms with van der Waals surface area (Å²) in [6.45, 7) is 0. The highest BCUT2D eigenvalue weighted by molar-refractivity contribution is 5.94. The van der Waals surface area contributed by atoms with Crippen molar-refractivity contribution in [3.8, 4) is 28.1 Å². The Kier molecular flexibility index (Phi) is 4.63. The van der Waals surface area contributed by atoms with E-state index in [1.807, 2.05) is 42.6 Å². The van der Waals surface area contributed by atoms with Crippen molar-refractivity contribution in [1.82, 2.24) is 4.98 Å². The van der Waals surface area contributed by atoms with E-state index in [0.717, 1.165) is 41.0 Å². The van der Waals surface area contributed by atoms with Gasteiger partial charge >= 0.3 is 0 Å². The van der Waals surface area contributed by atoms with Crippen LogP contribution in [0.3, 0.4) is 0 Å². The summed E-state index contributed by atoms with van der Waals surface area (Å²) in [5.74, 6) is 0.411. The van der Waals surface area contributed by atoms with Crippen molar-refractivity contribution in [2.24, 2.45) is 5.73 Å². The van der Waals surface area contributed by atoms with E-state index >= 15 is 0 Å². The van der Waals surface area contributed by atoms with Gasteiger partial charge in [-0.15, -0.1) is 0 Å². The Balaban J connectivity index is 1.89. The Hall–Kier alpha value is -3.14. The largest absolute Gasteiger partial charge is 0.497 e. The number of ether oxygens (including phenoxy) is 1. The zero-order valence-corrected chi connectivity index (χ0v) is 15.4. The van der Waals surface area contributed by atoms with Crippen molar-refractivity contribution in [3.05, 3.63) is 71.4 Å². The molecule has 0 bridgehead atoms. The van der Waals surface area contributed by atoms with Gasteiger partial charge in [0.2, 0.25) is 5.91 Å². The number of aryl methyl sites for hydroxylation is 1. The third-order valence-electron chi connectivity index (χ3n) is 5.22. The summed E-state index contributed by atoms with van der Waals surface area (Å²) < 4.78 is 5.28. The van der Waals surface area contributed by atoms with Crippen LogP contribution >= 0.6 is 0 Å². The molecule has 0 atom stereocenters. The maximum absolute atomic E-state index is 11.4. The molecule has 4 heteroatoms. The second kappa shape index (κ2) is 7.23. The van der Waals surface area contributed by atoms with E-state index in [9.17, 15) is 4.79 Å². The summed E-state index contributed by atoms with van der Waals surface area (Å²) >= 11 is 0. The van der Waals surface area contributed by atoms with Crippen molar-refractivity contribution in [3.63, 3.8) is 0 Å². The quantitative estimate of drug-likeness (QED) is 0.752. The van der Waals surface area contributed by atoms with E-state index in [0.29, 0.717) is 5.56 Å². The van der Waals surface area contributed by atoms with Crippen molar-refractivity contribution >= 4 is 5.91 Å². The van der Waals surface area contributed by atoms with E-state index in [1.165, 1.54) is 24.0 Å². The van der Waals surface area contributed by atoms with Gasteiger partial charge in [0.05, 0.1) is 12.8 Å². The molecule has 0 spiro atoms. The van der Waals surface area contributed by atoms with Crippen LogP contribution in [0.2, 0.25) is 0 Å². The first kappa shape index (κ1) is 17.3. The molecule has 2 aromatic carbocycles. The molecule has 0 unspecified atom stereocenters. The fourth-order valence-electron chi connectivity index (χ4n) is 3.79. The Morgan fingerprint density at radius 1 is 0.963 bits per heavy atom. The zero-order chi connectivity index (χ0) is 18.8. The lowest BCUT2D eigenvalue weighted by molar-refractivity contribution is 0.100. The monoisotopic (exact) mass is 358 g/mol. The molecule has 1 aliphatic carbocycles. The molecule has 0 aliphatic heterocycles. The number of aromatic nitrogens is 1. The Bertz CT molecular complexity index is 977. The fraction of sp³-hybridized carbons (Fsp3) is 0.217. The molecule has 0 radical (unpaired) electrons. The minimum Gasteiger partial charge on any atom is -0.497 e. The first-order valence-corrected chi connectivity index (χ1v) is 9.23. The van der Waals surface area contributed by atoms with Crippen molar-refractivity contribution in [2.75, 3.05) is 7.11 Å². The van der Waals surface area contributed by atoms with Gasteiger partial charge in [-0.25, -0.2) is 0 Å². The molecule has 0 fully saturated rings. The average molecular weight is 358 g/mol. The average Bonchev–Trinajstić information content (AvgIpc) is 2.73. The topological polar surface area (TPSA) is 65.2 Å². The SMILES string of the molecule is COc1ccc(-c2ncc3c(c2-c2ccc(C(N)=O)cc2)CCCC3)cc1. The number of pyridine rings is 1. The maximum Gasteiger partial charge on any atom is 0.248 e. The van der Waals surface area contributed by atoms with Gasteiger partial charge in [-0.3, -0.25) is 9.78 Å². The summed E-state index contributed by atoms with van der Waals surface area (Å²) in [5, 5.41) is 0. The van der Waals surface area contributed by atoms with Gasteiger partial charge in [0.15, 0.2) is 0 Å². The van der Waals surface area contributed by atoms with Crippen LogP contribution in [0.15, 0.2) is 54.7 Å².